The molecule has 3 rings (SSSR count). The molecule has 150 valence electrons. The highest BCUT2D eigenvalue weighted by atomic mass is 16.5. The van der Waals surface area contributed by atoms with Crippen molar-refractivity contribution in [2.24, 2.45) is 0 Å². The third-order valence-corrected chi connectivity index (χ3v) is 4.39. The van der Waals surface area contributed by atoms with Gasteiger partial charge in [0.25, 0.3) is 0 Å². The third-order valence-electron chi connectivity index (χ3n) is 4.39. The first-order chi connectivity index (χ1) is 14.1. The van der Waals surface area contributed by atoms with Crippen molar-refractivity contribution in [1.29, 1.82) is 0 Å². The molecule has 29 heavy (non-hydrogen) atoms. The van der Waals surface area contributed by atoms with E-state index in [4.69, 9.17) is 4.74 Å². The van der Waals surface area contributed by atoms with E-state index < -0.39 is 5.97 Å². The lowest BCUT2D eigenvalue weighted by molar-refractivity contribution is -0.137. The Morgan fingerprint density at radius 1 is 1.10 bits per heavy atom. The maximum atomic E-state index is 12.4. The lowest BCUT2D eigenvalue weighted by Crippen LogP contribution is -2.14. The van der Waals surface area contributed by atoms with Gasteiger partial charge in [0.1, 0.15) is 16.7 Å². The van der Waals surface area contributed by atoms with Crippen LogP contribution in [0.4, 0.5) is 5.69 Å². The minimum Gasteiger partial charge on any atom is -0.463 e. The Kier molecular flexibility index (Phi) is 6.73. The Morgan fingerprint density at radius 3 is 2.52 bits per heavy atom. The molecule has 0 saturated heterocycles. The number of fused-ring (bicyclic) bond motifs is 1. The number of anilines is 1. The lowest BCUT2D eigenvalue weighted by atomic mass is 10.1. The number of esters is 1. The van der Waals surface area contributed by atoms with E-state index in [1.165, 1.54) is 0 Å². The monoisotopic (exact) mass is 392 g/mol. The van der Waals surface area contributed by atoms with Crippen molar-refractivity contribution in [3.63, 3.8) is 0 Å². The zero-order valence-corrected chi connectivity index (χ0v) is 16.4. The number of ether oxygens (including phenoxy) is 1. The second-order valence-corrected chi connectivity index (χ2v) is 6.73. The number of carbonyl (C=O) groups excluding carboxylic acids is 2. The van der Waals surface area contributed by atoms with Crippen LogP contribution in [0.1, 0.15) is 31.2 Å². The molecule has 0 unspecified atom stereocenters. The van der Waals surface area contributed by atoms with Crippen molar-refractivity contribution >= 4 is 28.6 Å². The van der Waals surface area contributed by atoms with Crippen molar-refractivity contribution < 1.29 is 14.3 Å². The van der Waals surface area contributed by atoms with Crippen LogP contribution in [0.25, 0.3) is 16.7 Å². The van der Waals surface area contributed by atoms with Crippen LogP contribution in [0.2, 0.25) is 0 Å². The molecule has 1 N–H and O–H groups in total. The smallest absolute Gasteiger partial charge is 0.330 e. The van der Waals surface area contributed by atoms with E-state index in [9.17, 15) is 9.59 Å². The van der Waals surface area contributed by atoms with Gasteiger partial charge in [-0.25, -0.2) is 4.79 Å². The maximum Gasteiger partial charge on any atom is 0.330 e. The van der Waals surface area contributed by atoms with Gasteiger partial charge in [-0.05, 0) is 56.0 Å². The molecule has 7 nitrogen and oxygen atoms in total. The van der Waals surface area contributed by atoms with Gasteiger partial charge in [0.2, 0.25) is 5.91 Å². The summed E-state index contributed by atoms with van der Waals surface area (Å²) in [6, 6.07) is 13.4. The first-order valence-corrected chi connectivity index (χ1v) is 9.59. The van der Waals surface area contributed by atoms with Gasteiger partial charge in [-0.3, -0.25) is 4.79 Å². The highest BCUT2D eigenvalue weighted by molar-refractivity contribution is 5.93. The largest absolute Gasteiger partial charge is 0.463 e. The lowest BCUT2D eigenvalue weighted by Gasteiger charge is -2.11. The third kappa shape index (κ3) is 5.51. The molecular formula is C22H24N4O3. The Hall–Kier alpha value is -3.48. The van der Waals surface area contributed by atoms with Crippen molar-refractivity contribution in [2.75, 3.05) is 11.9 Å². The number of carbonyl (C=O) groups is 2. The second-order valence-electron chi connectivity index (χ2n) is 6.73. The van der Waals surface area contributed by atoms with Crippen LogP contribution in [0.5, 0.6) is 0 Å². The molecule has 3 aromatic rings. The Bertz CT molecular complexity index is 993. The standard InChI is InChI=1S/C22H24N4O3/c1-3-22(28)29-14-8-4-5-11-21(27)23-19-13-12-16(2)15-20(19)26-24-17-9-6-7-10-18(17)25-26/h3,6-7,9-10,12-13,15H,1,4-5,8,11,14H2,2H3,(H,23,27). The topological polar surface area (TPSA) is 86.1 Å². The number of hydrogen-bond donors (Lipinski definition) is 1. The van der Waals surface area contributed by atoms with Crippen LogP contribution in [-0.2, 0) is 14.3 Å². The van der Waals surface area contributed by atoms with E-state index in [-0.39, 0.29) is 5.91 Å². The predicted molar refractivity (Wildman–Crippen MR) is 112 cm³/mol. The molecule has 7 heteroatoms. The number of aryl methyl sites for hydroxylation is 1. The van der Waals surface area contributed by atoms with Crippen LogP contribution in [0, 0.1) is 6.92 Å². The Balaban J connectivity index is 1.60. The van der Waals surface area contributed by atoms with Gasteiger partial charge in [-0.15, -0.1) is 15.0 Å². The fourth-order valence-electron chi connectivity index (χ4n) is 2.89. The summed E-state index contributed by atoms with van der Waals surface area (Å²) in [5, 5.41) is 12.0. The zero-order chi connectivity index (χ0) is 20.6. The van der Waals surface area contributed by atoms with Gasteiger partial charge >= 0.3 is 5.97 Å². The average Bonchev–Trinajstić information content (AvgIpc) is 3.15. The van der Waals surface area contributed by atoms with E-state index in [1.807, 2.05) is 49.4 Å². The number of unbranched alkanes of at least 4 members (excludes halogenated alkanes) is 2. The normalized spacial score (nSPS) is 10.7. The number of amides is 1. The molecule has 0 radical (unpaired) electrons. The van der Waals surface area contributed by atoms with Gasteiger partial charge in [0, 0.05) is 12.5 Å². The summed E-state index contributed by atoms with van der Waals surface area (Å²) in [5.74, 6) is -0.496. The predicted octanol–water partition coefficient (Wildman–Crippen LogP) is 3.96. The van der Waals surface area contributed by atoms with E-state index in [1.54, 1.807) is 4.80 Å². The molecule has 2 aromatic carbocycles. The molecule has 0 aliphatic rings. The molecule has 0 saturated carbocycles. The van der Waals surface area contributed by atoms with Gasteiger partial charge in [-0.2, -0.15) is 0 Å². The summed E-state index contributed by atoms with van der Waals surface area (Å²) in [5.41, 5.74) is 4.03. The van der Waals surface area contributed by atoms with Crippen LogP contribution < -0.4 is 5.32 Å². The quantitative estimate of drug-likeness (QED) is 0.338. The van der Waals surface area contributed by atoms with Crippen molar-refractivity contribution in [3.8, 4) is 5.69 Å². The molecular weight excluding hydrogens is 368 g/mol. The van der Waals surface area contributed by atoms with Crippen molar-refractivity contribution in [2.45, 2.75) is 32.6 Å². The SMILES string of the molecule is C=CC(=O)OCCCCCC(=O)Nc1ccc(C)cc1-n1nc2ccccc2n1. The summed E-state index contributed by atoms with van der Waals surface area (Å²) >= 11 is 0. The van der Waals surface area contributed by atoms with Crippen molar-refractivity contribution in [1.82, 2.24) is 15.0 Å². The molecule has 0 aliphatic heterocycles. The summed E-state index contributed by atoms with van der Waals surface area (Å²) in [6.45, 7) is 5.67. The number of aromatic nitrogens is 3. The molecule has 0 spiro atoms. The number of benzene rings is 2. The molecule has 1 amide bonds. The molecule has 0 bridgehead atoms. The van der Waals surface area contributed by atoms with E-state index in [0.717, 1.165) is 34.8 Å². The number of hydrogen-bond acceptors (Lipinski definition) is 5. The zero-order valence-electron chi connectivity index (χ0n) is 16.4. The first kappa shape index (κ1) is 20.3. The molecule has 0 fully saturated rings. The number of rotatable bonds is 9. The van der Waals surface area contributed by atoms with Gasteiger partial charge in [-0.1, -0.05) is 24.8 Å². The summed E-state index contributed by atoms with van der Waals surface area (Å²) in [6.07, 6.45) is 3.75. The number of nitrogens with zero attached hydrogens (tertiary/aromatic N) is 3. The summed E-state index contributed by atoms with van der Waals surface area (Å²) < 4.78 is 4.92. The molecule has 1 heterocycles. The van der Waals surface area contributed by atoms with Crippen LogP contribution in [0.15, 0.2) is 55.1 Å². The average molecular weight is 392 g/mol. The fraction of sp³-hybridized carbons (Fsp3) is 0.273. The van der Waals surface area contributed by atoms with Crippen molar-refractivity contribution in [3.05, 3.63) is 60.7 Å². The molecule has 0 aliphatic carbocycles. The van der Waals surface area contributed by atoms with E-state index in [2.05, 4.69) is 22.1 Å². The molecule has 0 atom stereocenters. The fourth-order valence-corrected chi connectivity index (χ4v) is 2.89. The Morgan fingerprint density at radius 2 is 1.83 bits per heavy atom. The highest BCUT2D eigenvalue weighted by Gasteiger charge is 2.12. The first-order valence-electron chi connectivity index (χ1n) is 9.59. The minimum absolute atomic E-state index is 0.0742. The van der Waals surface area contributed by atoms with Crippen LogP contribution in [0.3, 0.4) is 0 Å². The highest BCUT2D eigenvalue weighted by Crippen LogP contribution is 2.22. The molecule has 1 aromatic heterocycles. The van der Waals surface area contributed by atoms with E-state index in [0.29, 0.717) is 31.6 Å². The van der Waals surface area contributed by atoms with Crippen LogP contribution in [-0.4, -0.2) is 33.5 Å². The maximum absolute atomic E-state index is 12.4. The van der Waals surface area contributed by atoms with Gasteiger partial charge in [0.05, 0.1) is 12.3 Å². The minimum atomic E-state index is -0.422. The summed E-state index contributed by atoms with van der Waals surface area (Å²) in [7, 11) is 0. The van der Waals surface area contributed by atoms with Crippen LogP contribution >= 0.6 is 0 Å². The van der Waals surface area contributed by atoms with Gasteiger partial charge < -0.3 is 10.1 Å². The summed E-state index contributed by atoms with van der Waals surface area (Å²) in [4.78, 5) is 24.9. The van der Waals surface area contributed by atoms with Gasteiger partial charge in [0.15, 0.2) is 0 Å². The van der Waals surface area contributed by atoms with E-state index >= 15 is 0 Å². The second kappa shape index (κ2) is 9.64. The number of nitrogens with one attached hydrogen (secondary N) is 1. The Labute approximate surface area is 169 Å².